The summed E-state index contributed by atoms with van der Waals surface area (Å²) in [5.74, 6) is 0. The molecule has 0 radical (unpaired) electrons. The lowest BCUT2D eigenvalue weighted by Gasteiger charge is -2.19. The number of rotatable bonds is 5. The van der Waals surface area contributed by atoms with Crippen molar-refractivity contribution in [1.29, 1.82) is 0 Å². The molecule has 11 aromatic rings. The number of hydrogen-bond acceptors (Lipinski definition) is 1. The fourth-order valence-corrected chi connectivity index (χ4v) is 8.70. The van der Waals surface area contributed by atoms with Crippen molar-refractivity contribution >= 4 is 53.9 Å². The van der Waals surface area contributed by atoms with E-state index in [9.17, 15) is 0 Å². The zero-order chi connectivity index (χ0) is 37.0. The van der Waals surface area contributed by atoms with E-state index in [0.717, 1.165) is 22.5 Å². The molecule has 0 atom stereocenters. The molecule has 0 fully saturated rings. The second-order valence-corrected chi connectivity index (χ2v) is 14.7. The standard InChI is InChI=1S/C55H35N/c1-3-14-41-33-44(29-25-36(41)11-1)54-48-18-7-8-19-49(48)55(45-30-26-37-12-2-4-15-42(37)34-45)51-35-43(31-32-50(51)54)38-23-27-40(28-24-38)52-21-10-22-53(56-52)47-20-9-16-39-13-5-6-17-46(39)47/h1-35H. The molecule has 0 N–H and O–H groups in total. The average molecular weight is 710 g/mol. The van der Waals surface area contributed by atoms with E-state index in [0.29, 0.717) is 0 Å². The number of nitrogens with zero attached hydrogens (tertiary/aromatic N) is 1. The molecule has 1 nitrogen and oxygen atoms in total. The van der Waals surface area contributed by atoms with E-state index in [1.165, 1.54) is 87.2 Å². The van der Waals surface area contributed by atoms with Gasteiger partial charge in [0.1, 0.15) is 0 Å². The van der Waals surface area contributed by atoms with Crippen LogP contribution in [0.4, 0.5) is 0 Å². The Morgan fingerprint density at radius 3 is 1.38 bits per heavy atom. The monoisotopic (exact) mass is 709 g/mol. The highest BCUT2D eigenvalue weighted by Gasteiger charge is 2.18. The van der Waals surface area contributed by atoms with Crippen molar-refractivity contribution in [2.24, 2.45) is 0 Å². The van der Waals surface area contributed by atoms with E-state index >= 15 is 0 Å². The lowest BCUT2D eigenvalue weighted by atomic mass is 9.84. The first kappa shape index (κ1) is 32.1. The van der Waals surface area contributed by atoms with E-state index in [1.54, 1.807) is 0 Å². The Morgan fingerprint density at radius 1 is 0.232 bits per heavy atom. The molecule has 0 aliphatic heterocycles. The SMILES string of the molecule is c1cc(-c2ccc(-c3ccc4c(-c5ccc6ccccc6c5)c5ccccc5c(-c5ccc6ccccc6c5)c4c3)cc2)nc(-c2cccc3ccccc23)c1. The quantitative estimate of drug-likeness (QED) is 0.162. The van der Waals surface area contributed by atoms with Crippen molar-refractivity contribution in [1.82, 2.24) is 4.98 Å². The predicted molar refractivity (Wildman–Crippen MR) is 239 cm³/mol. The summed E-state index contributed by atoms with van der Waals surface area (Å²) < 4.78 is 0. The molecular formula is C55H35N. The smallest absolute Gasteiger partial charge is 0.0715 e. The van der Waals surface area contributed by atoms with Gasteiger partial charge in [0.2, 0.25) is 0 Å². The van der Waals surface area contributed by atoms with Crippen molar-refractivity contribution in [2.75, 3.05) is 0 Å². The lowest BCUT2D eigenvalue weighted by molar-refractivity contribution is 1.33. The second kappa shape index (κ2) is 13.2. The van der Waals surface area contributed by atoms with Crippen LogP contribution in [0.3, 0.4) is 0 Å². The van der Waals surface area contributed by atoms with Crippen LogP contribution in [0.5, 0.6) is 0 Å². The molecule has 0 aliphatic rings. The van der Waals surface area contributed by atoms with Crippen molar-refractivity contribution in [3.05, 3.63) is 212 Å². The largest absolute Gasteiger partial charge is 0.248 e. The molecule has 1 heterocycles. The summed E-state index contributed by atoms with van der Waals surface area (Å²) in [4.78, 5) is 5.16. The maximum atomic E-state index is 5.16. The molecule has 0 amide bonds. The van der Waals surface area contributed by atoms with Crippen LogP contribution < -0.4 is 0 Å². The van der Waals surface area contributed by atoms with Crippen molar-refractivity contribution in [3.8, 4) is 55.9 Å². The Labute approximate surface area is 325 Å². The first-order valence-electron chi connectivity index (χ1n) is 19.3. The summed E-state index contributed by atoms with van der Waals surface area (Å²) in [6, 6.07) is 77.2. The van der Waals surface area contributed by atoms with E-state index < -0.39 is 0 Å². The third-order valence-electron chi connectivity index (χ3n) is 11.4. The van der Waals surface area contributed by atoms with Gasteiger partial charge >= 0.3 is 0 Å². The molecule has 0 aliphatic carbocycles. The van der Waals surface area contributed by atoms with Crippen LogP contribution in [0, 0.1) is 0 Å². The molecule has 11 rings (SSSR count). The maximum Gasteiger partial charge on any atom is 0.0715 e. The van der Waals surface area contributed by atoms with E-state index in [-0.39, 0.29) is 0 Å². The Hall–Kier alpha value is -7.35. The molecule has 0 spiro atoms. The third-order valence-corrected chi connectivity index (χ3v) is 11.4. The summed E-state index contributed by atoms with van der Waals surface area (Å²) in [7, 11) is 0. The summed E-state index contributed by atoms with van der Waals surface area (Å²) in [5.41, 5.74) is 11.5. The molecule has 260 valence electrons. The van der Waals surface area contributed by atoms with Gasteiger partial charge in [-0.05, 0) is 118 Å². The summed E-state index contributed by atoms with van der Waals surface area (Å²) in [6.07, 6.45) is 0. The first-order chi connectivity index (χ1) is 27.7. The van der Waals surface area contributed by atoms with Gasteiger partial charge in [0.05, 0.1) is 11.4 Å². The van der Waals surface area contributed by atoms with Gasteiger partial charge < -0.3 is 0 Å². The van der Waals surface area contributed by atoms with Gasteiger partial charge in [-0.3, -0.25) is 0 Å². The topological polar surface area (TPSA) is 12.9 Å². The van der Waals surface area contributed by atoms with Gasteiger partial charge in [0.15, 0.2) is 0 Å². The summed E-state index contributed by atoms with van der Waals surface area (Å²) in [6.45, 7) is 0. The number of aromatic nitrogens is 1. The fraction of sp³-hybridized carbons (Fsp3) is 0. The minimum atomic E-state index is 0.964. The minimum absolute atomic E-state index is 0.964. The van der Waals surface area contributed by atoms with Gasteiger partial charge in [-0.25, -0.2) is 4.98 Å². The van der Waals surface area contributed by atoms with Crippen molar-refractivity contribution in [2.45, 2.75) is 0 Å². The highest BCUT2D eigenvalue weighted by molar-refractivity contribution is 6.22. The fourth-order valence-electron chi connectivity index (χ4n) is 8.70. The number of benzene rings is 10. The van der Waals surface area contributed by atoms with Crippen LogP contribution in [0.2, 0.25) is 0 Å². The minimum Gasteiger partial charge on any atom is -0.248 e. The molecular weight excluding hydrogens is 675 g/mol. The molecule has 0 bridgehead atoms. The van der Waals surface area contributed by atoms with E-state index in [4.69, 9.17) is 4.98 Å². The highest BCUT2D eigenvalue weighted by Crippen LogP contribution is 2.46. The molecule has 56 heavy (non-hydrogen) atoms. The predicted octanol–water partition coefficient (Wildman–Crippen LogP) is 15.2. The van der Waals surface area contributed by atoms with Crippen molar-refractivity contribution < 1.29 is 0 Å². The average Bonchev–Trinajstić information content (AvgIpc) is 3.27. The number of fused-ring (bicyclic) bond motifs is 5. The number of hydrogen-bond donors (Lipinski definition) is 0. The van der Waals surface area contributed by atoms with Gasteiger partial charge in [-0.15, -0.1) is 0 Å². The maximum absolute atomic E-state index is 5.16. The van der Waals surface area contributed by atoms with Crippen LogP contribution in [-0.4, -0.2) is 4.98 Å². The normalized spacial score (nSPS) is 11.6. The van der Waals surface area contributed by atoms with Crippen LogP contribution in [0.1, 0.15) is 0 Å². The third kappa shape index (κ3) is 5.44. The molecule has 10 aromatic carbocycles. The molecule has 0 saturated carbocycles. The Balaban J connectivity index is 1.08. The molecule has 1 aromatic heterocycles. The summed E-state index contributed by atoms with van der Waals surface area (Å²) in [5, 5.41) is 12.4. The van der Waals surface area contributed by atoms with Gasteiger partial charge in [0, 0.05) is 11.1 Å². The zero-order valence-corrected chi connectivity index (χ0v) is 30.7. The van der Waals surface area contributed by atoms with E-state index in [2.05, 4.69) is 212 Å². The lowest BCUT2D eigenvalue weighted by Crippen LogP contribution is -1.92. The van der Waals surface area contributed by atoms with Crippen LogP contribution in [0.15, 0.2) is 212 Å². The second-order valence-electron chi connectivity index (χ2n) is 14.7. The van der Waals surface area contributed by atoms with Gasteiger partial charge in [-0.1, -0.05) is 182 Å². The van der Waals surface area contributed by atoms with Crippen molar-refractivity contribution in [3.63, 3.8) is 0 Å². The summed E-state index contributed by atoms with van der Waals surface area (Å²) >= 11 is 0. The number of pyridine rings is 1. The molecule has 1 heteroatoms. The molecule has 0 saturated heterocycles. The van der Waals surface area contributed by atoms with Crippen LogP contribution >= 0.6 is 0 Å². The van der Waals surface area contributed by atoms with Crippen LogP contribution in [-0.2, 0) is 0 Å². The highest BCUT2D eigenvalue weighted by atomic mass is 14.7. The Bertz CT molecular complexity index is 3290. The Kier molecular flexibility index (Phi) is 7.57. The molecule has 0 unspecified atom stereocenters. The zero-order valence-electron chi connectivity index (χ0n) is 30.7. The van der Waals surface area contributed by atoms with Gasteiger partial charge in [0.25, 0.3) is 0 Å². The first-order valence-corrected chi connectivity index (χ1v) is 19.3. The Morgan fingerprint density at radius 2 is 0.696 bits per heavy atom. The van der Waals surface area contributed by atoms with E-state index in [1.807, 2.05) is 0 Å². The van der Waals surface area contributed by atoms with Crippen LogP contribution in [0.25, 0.3) is 110 Å². The van der Waals surface area contributed by atoms with Gasteiger partial charge in [-0.2, -0.15) is 0 Å².